The number of hydrogen-bond donors (Lipinski definition) is 0. The van der Waals surface area contributed by atoms with Crippen LogP contribution in [0.2, 0.25) is 0 Å². The van der Waals surface area contributed by atoms with Crippen molar-refractivity contribution in [1.82, 2.24) is 0 Å². The smallest absolute Gasteiger partial charge is 0.187 e. The Hall–Kier alpha value is -2.06. The zero-order valence-corrected chi connectivity index (χ0v) is 7.78. The molecule has 14 heavy (non-hydrogen) atoms. The fraction of sp³-hybridized carbons (Fsp3) is 0.167. The standard InChI is InChI=1S/C12H8N2/c1-9-3-2-4-10(5-9)11-6-12(11,7-13)8-14/h2-6H,1H3. The van der Waals surface area contributed by atoms with Crippen molar-refractivity contribution in [3.05, 3.63) is 41.5 Å². The summed E-state index contributed by atoms with van der Waals surface area (Å²) in [6.07, 6.45) is 1.71. The summed E-state index contributed by atoms with van der Waals surface area (Å²) < 4.78 is 0. The van der Waals surface area contributed by atoms with Gasteiger partial charge in [0.15, 0.2) is 5.41 Å². The lowest BCUT2D eigenvalue weighted by Gasteiger charge is -2.00. The fourth-order valence-corrected chi connectivity index (χ4v) is 1.51. The van der Waals surface area contributed by atoms with Crippen LogP contribution in [0.5, 0.6) is 0 Å². The fourth-order valence-electron chi connectivity index (χ4n) is 1.51. The van der Waals surface area contributed by atoms with Gasteiger partial charge in [-0.1, -0.05) is 29.8 Å². The van der Waals surface area contributed by atoms with Crippen molar-refractivity contribution in [3.8, 4) is 12.1 Å². The van der Waals surface area contributed by atoms with Gasteiger partial charge in [0.05, 0.1) is 12.1 Å². The maximum Gasteiger partial charge on any atom is 0.187 e. The first-order valence-corrected chi connectivity index (χ1v) is 4.35. The van der Waals surface area contributed by atoms with E-state index in [4.69, 9.17) is 10.5 Å². The summed E-state index contributed by atoms with van der Waals surface area (Å²) in [5.74, 6) is 0. The summed E-state index contributed by atoms with van der Waals surface area (Å²) in [6, 6.07) is 11.9. The van der Waals surface area contributed by atoms with Crippen LogP contribution in [0.4, 0.5) is 0 Å². The third-order valence-corrected chi connectivity index (χ3v) is 2.38. The monoisotopic (exact) mass is 180 g/mol. The molecule has 0 radical (unpaired) electrons. The van der Waals surface area contributed by atoms with Crippen molar-refractivity contribution >= 4 is 5.57 Å². The summed E-state index contributed by atoms with van der Waals surface area (Å²) in [6.45, 7) is 1.99. The molecule has 0 unspecified atom stereocenters. The Morgan fingerprint density at radius 2 is 1.93 bits per heavy atom. The van der Waals surface area contributed by atoms with E-state index >= 15 is 0 Å². The third kappa shape index (κ3) is 1.09. The first kappa shape index (κ1) is 8.53. The van der Waals surface area contributed by atoms with Crippen LogP contribution in [-0.4, -0.2) is 0 Å². The van der Waals surface area contributed by atoms with Crippen LogP contribution in [0.1, 0.15) is 11.1 Å². The molecule has 0 bridgehead atoms. The lowest BCUT2D eigenvalue weighted by molar-refractivity contribution is 1.01. The van der Waals surface area contributed by atoms with E-state index in [0.29, 0.717) is 0 Å². The van der Waals surface area contributed by atoms with E-state index in [9.17, 15) is 0 Å². The highest BCUT2D eigenvalue weighted by Crippen LogP contribution is 2.49. The van der Waals surface area contributed by atoms with Gasteiger partial charge < -0.3 is 0 Å². The van der Waals surface area contributed by atoms with E-state index in [1.54, 1.807) is 6.08 Å². The van der Waals surface area contributed by atoms with E-state index < -0.39 is 5.41 Å². The molecular formula is C12H8N2. The van der Waals surface area contributed by atoms with Gasteiger partial charge in [0.2, 0.25) is 0 Å². The molecule has 0 spiro atoms. The van der Waals surface area contributed by atoms with Crippen LogP contribution < -0.4 is 0 Å². The zero-order valence-electron chi connectivity index (χ0n) is 7.78. The predicted octanol–water partition coefficient (Wildman–Crippen LogP) is 2.43. The van der Waals surface area contributed by atoms with Crippen molar-refractivity contribution in [2.45, 2.75) is 6.92 Å². The maximum absolute atomic E-state index is 8.83. The van der Waals surface area contributed by atoms with E-state index in [0.717, 1.165) is 16.7 Å². The molecule has 0 N–H and O–H groups in total. The summed E-state index contributed by atoms with van der Waals surface area (Å²) in [5.41, 5.74) is 2.01. The van der Waals surface area contributed by atoms with Gasteiger partial charge in [-0.15, -0.1) is 0 Å². The van der Waals surface area contributed by atoms with Crippen LogP contribution >= 0.6 is 0 Å². The molecule has 2 nitrogen and oxygen atoms in total. The second-order valence-electron chi connectivity index (χ2n) is 3.46. The van der Waals surface area contributed by atoms with Crippen LogP contribution in [0.25, 0.3) is 5.57 Å². The number of nitrogens with zero attached hydrogens (tertiary/aromatic N) is 2. The van der Waals surface area contributed by atoms with Gasteiger partial charge in [0.25, 0.3) is 0 Å². The first-order valence-electron chi connectivity index (χ1n) is 4.35. The summed E-state index contributed by atoms with van der Waals surface area (Å²) in [7, 11) is 0. The number of rotatable bonds is 1. The predicted molar refractivity (Wildman–Crippen MR) is 52.8 cm³/mol. The molecule has 0 saturated heterocycles. The quantitative estimate of drug-likeness (QED) is 0.666. The summed E-state index contributed by atoms with van der Waals surface area (Å²) in [5, 5.41) is 17.7. The maximum atomic E-state index is 8.83. The van der Waals surface area contributed by atoms with Gasteiger partial charge in [-0.2, -0.15) is 10.5 Å². The lowest BCUT2D eigenvalue weighted by Crippen LogP contribution is -1.96. The SMILES string of the molecule is Cc1cccc(C2=CC2(C#N)C#N)c1. The number of benzene rings is 1. The van der Waals surface area contributed by atoms with E-state index in [1.165, 1.54) is 0 Å². The number of aryl methyl sites for hydroxylation is 1. The number of hydrogen-bond acceptors (Lipinski definition) is 2. The van der Waals surface area contributed by atoms with Crippen molar-refractivity contribution in [2.24, 2.45) is 5.41 Å². The minimum absolute atomic E-state index is 0.839. The molecular weight excluding hydrogens is 172 g/mol. The Labute approximate surface area is 82.7 Å². The van der Waals surface area contributed by atoms with Gasteiger partial charge >= 0.3 is 0 Å². The van der Waals surface area contributed by atoms with Crippen molar-refractivity contribution in [1.29, 1.82) is 10.5 Å². The Morgan fingerprint density at radius 1 is 1.21 bits per heavy atom. The van der Waals surface area contributed by atoms with Crippen LogP contribution in [0, 0.1) is 35.0 Å². The Bertz CT molecular complexity index is 484. The molecule has 0 atom stereocenters. The second kappa shape index (κ2) is 2.72. The van der Waals surface area contributed by atoms with Crippen LogP contribution in [0.3, 0.4) is 0 Å². The molecule has 1 aromatic rings. The molecule has 0 saturated carbocycles. The van der Waals surface area contributed by atoms with E-state index in [1.807, 2.05) is 43.3 Å². The molecule has 2 rings (SSSR count). The van der Waals surface area contributed by atoms with Gasteiger partial charge in [-0.05, 0) is 24.1 Å². The highest BCUT2D eigenvalue weighted by Gasteiger charge is 2.45. The molecule has 66 valence electrons. The van der Waals surface area contributed by atoms with Gasteiger partial charge in [-0.25, -0.2) is 0 Å². The highest BCUT2D eigenvalue weighted by molar-refractivity contribution is 5.91. The first-order chi connectivity index (χ1) is 6.72. The molecule has 1 aliphatic carbocycles. The number of nitriles is 2. The largest absolute Gasteiger partial charge is 0.196 e. The van der Waals surface area contributed by atoms with E-state index in [-0.39, 0.29) is 0 Å². The average molecular weight is 180 g/mol. The minimum Gasteiger partial charge on any atom is -0.196 e. The third-order valence-electron chi connectivity index (χ3n) is 2.38. The average Bonchev–Trinajstić information content (AvgIpc) is 2.93. The van der Waals surface area contributed by atoms with Gasteiger partial charge in [-0.3, -0.25) is 0 Å². The zero-order chi connectivity index (χ0) is 10.2. The molecule has 1 aromatic carbocycles. The van der Waals surface area contributed by atoms with Crippen molar-refractivity contribution in [2.75, 3.05) is 0 Å². The molecule has 1 aliphatic rings. The Morgan fingerprint density at radius 3 is 2.43 bits per heavy atom. The molecule has 0 amide bonds. The van der Waals surface area contributed by atoms with Crippen LogP contribution in [0.15, 0.2) is 30.3 Å². The second-order valence-corrected chi connectivity index (χ2v) is 3.46. The molecule has 0 aliphatic heterocycles. The molecule has 0 fully saturated rings. The molecule has 0 aromatic heterocycles. The van der Waals surface area contributed by atoms with Crippen LogP contribution in [-0.2, 0) is 0 Å². The van der Waals surface area contributed by atoms with Gasteiger partial charge in [0, 0.05) is 0 Å². The van der Waals surface area contributed by atoms with E-state index in [2.05, 4.69) is 0 Å². The topological polar surface area (TPSA) is 47.6 Å². The molecule has 2 heteroatoms. The normalized spacial score (nSPS) is 16.4. The molecule has 0 heterocycles. The highest BCUT2D eigenvalue weighted by atomic mass is 14.5. The lowest BCUT2D eigenvalue weighted by atomic mass is 9.99. The van der Waals surface area contributed by atoms with Gasteiger partial charge in [0.1, 0.15) is 0 Å². The Balaban J connectivity index is 2.35. The summed E-state index contributed by atoms with van der Waals surface area (Å²) in [4.78, 5) is 0. The summed E-state index contributed by atoms with van der Waals surface area (Å²) >= 11 is 0. The Kier molecular flexibility index (Phi) is 1.66. The minimum atomic E-state index is -0.951. The van der Waals surface area contributed by atoms with Crippen molar-refractivity contribution in [3.63, 3.8) is 0 Å². The van der Waals surface area contributed by atoms with Crippen molar-refractivity contribution < 1.29 is 0 Å². The number of allylic oxidation sites excluding steroid dienone is 2.